The van der Waals surface area contributed by atoms with Crippen LogP contribution in [0, 0.1) is 23.6 Å². The number of rotatable bonds is 3. The van der Waals surface area contributed by atoms with Gasteiger partial charge in [0.25, 0.3) is 0 Å². The first-order chi connectivity index (χ1) is 18.2. The molecule has 6 rings (SSSR count). The maximum atomic E-state index is 14.5. The van der Waals surface area contributed by atoms with Crippen LogP contribution in [-0.4, -0.2) is 28.5 Å². The Balaban J connectivity index is 1.47. The quantitative estimate of drug-likeness (QED) is 0.366. The number of fused-ring (bicyclic) bond motifs is 3. The summed E-state index contributed by atoms with van der Waals surface area (Å²) in [6.45, 7) is 3.61. The largest absolute Gasteiger partial charge is 0.505 e. The van der Waals surface area contributed by atoms with E-state index in [4.69, 9.17) is 0 Å². The molecule has 2 aromatic rings. The van der Waals surface area contributed by atoms with E-state index in [0.29, 0.717) is 28.8 Å². The number of amides is 2. The van der Waals surface area contributed by atoms with Crippen molar-refractivity contribution in [3.63, 3.8) is 0 Å². The van der Waals surface area contributed by atoms with Crippen molar-refractivity contribution in [3.05, 3.63) is 93.9 Å². The third kappa shape index (κ3) is 3.45. The molecule has 1 heterocycles. The Bertz CT molecular complexity index is 1530. The molecular formula is C31H26FNO5. The molecule has 0 bridgehead atoms. The highest BCUT2D eigenvalue weighted by Crippen LogP contribution is 2.55. The standard InChI is InChI=1S/C31H26FNO5/c1-3-16-4-7-18(8-5-16)33-30(37)20-10-9-19-21(27(20)31(33)38)14-22-28(25(35)12-15(2)29(22)36)26(19)17-6-11-24(34)23(32)13-17/h4-9,11-13,20-21,26-27,34H,3,10,14H2,1-2H3/t20-,21+,26-,27-/m0/s1. The van der Waals surface area contributed by atoms with Gasteiger partial charge in [-0.25, -0.2) is 4.39 Å². The van der Waals surface area contributed by atoms with Gasteiger partial charge in [-0.3, -0.25) is 24.1 Å². The molecule has 2 aromatic carbocycles. The number of anilines is 1. The van der Waals surface area contributed by atoms with Gasteiger partial charge in [0.15, 0.2) is 23.1 Å². The summed E-state index contributed by atoms with van der Waals surface area (Å²) in [6.07, 6.45) is 4.50. The summed E-state index contributed by atoms with van der Waals surface area (Å²) in [5.41, 5.74) is 3.69. The number of allylic oxidation sites excluding steroid dienone is 6. The Morgan fingerprint density at radius 2 is 1.74 bits per heavy atom. The van der Waals surface area contributed by atoms with Gasteiger partial charge >= 0.3 is 0 Å². The monoisotopic (exact) mass is 511 g/mol. The van der Waals surface area contributed by atoms with Gasteiger partial charge in [0.05, 0.1) is 17.5 Å². The number of ketones is 2. The first kappa shape index (κ1) is 24.2. The van der Waals surface area contributed by atoms with E-state index in [9.17, 15) is 28.7 Å². The lowest BCUT2D eigenvalue weighted by molar-refractivity contribution is -0.123. The van der Waals surface area contributed by atoms with Crippen LogP contribution in [0.4, 0.5) is 10.1 Å². The number of Topliss-reactive ketones (excluding diaryl/α,β-unsaturated/α-hetero) is 1. The van der Waals surface area contributed by atoms with Crippen LogP contribution in [0.2, 0.25) is 0 Å². The zero-order valence-corrected chi connectivity index (χ0v) is 21.0. The predicted molar refractivity (Wildman–Crippen MR) is 138 cm³/mol. The number of imide groups is 1. The van der Waals surface area contributed by atoms with Crippen molar-refractivity contribution in [2.45, 2.75) is 39.0 Å². The van der Waals surface area contributed by atoms with Crippen LogP contribution in [0.1, 0.15) is 43.7 Å². The fraction of sp³-hybridized carbons (Fsp3) is 0.290. The van der Waals surface area contributed by atoms with Gasteiger partial charge in [0.1, 0.15) is 0 Å². The molecule has 2 amide bonds. The lowest BCUT2D eigenvalue weighted by Crippen LogP contribution is -2.39. The van der Waals surface area contributed by atoms with Gasteiger partial charge in [-0.2, -0.15) is 0 Å². The van der Waals surface area contributed by atoms with Crippen molar-refractivity contribution in [1.82, 2.24) is 0 Å². The number of carbonyl (C=O) groups excluding carboxylic acids is 4. The summed E-state index contributed by atoms with van der Waals surface area (Å²) in [7, 11) is 0. The summed E-state index contributed by atoms with van der Waals surface area (Å²) in [6, 6.07) is 11.3. The number of phenolic OH excluding ortho intramolecular Hbond substituents is 1. The minimum atomic E-state index is -0.837. The van der Waals surface area contributed by atoms with Gasteiger partial charge in [-0.1, -0.05) is 36.8 Å². The summed E-state index contributed by atoms with van der Waals surface area (Å²) in [5.74, 6) is -5.04. The molecule has 0 aromatic heterocycles. The van der Waals surface area contributed by atoms with E-state index in [0.717, 1.165) is 17.6 Å². The average molecular weight is 512 g/mol. The number of nitrogens with zero attached hydrogens (tertiary/aromatic N) is 1. The van der Waals surface area contributed by atoms with Crippen molar-refractivity contribution in [2.75, 3.05) is 4.90 Å². The second-order valence-corrected chi connectivity index (χ2v) is 10.5. The smallest absolute Gasteiger partial charge is 0.238 e. The average Bonchev–Trinajstić information content (AvgIpc) is 3.17. The van der Waals surface area contributed by atoms with Crippen LogP contribution in [-0.2, 0) is 25.6 Å². The van der Waals surface area contributed by atoms with E-state index in [2.05, 4.69) is 0 Å². The number of benzene rings is 2. The number of phenols is 1. The molecule has 4 atom stereocenters. The number of aryl methyl sites for hydroxylation is 1. The molecular weight excluding hydrogens is 485 g/mol. The molecule has 1 aliphatic heterocycles. The molecule has 1 saturated heterocycles. The molecule has 6 nitrogen and oxygen atoms in total. The molecule has 1 fully saturated rings. The van der Waals surface area contributed by atoms with E-state index in [1.54, 1.807) is 19.1 Å². The molecule has 0 saturated carbocycles. The van der Waals surface area contributed by atoms with Crippen LogP contribution in [0.15, 0.2) is 76.9 Å². The normalized spacial score (nSPS) is 26.7. The molecule has 7 heteroatoms. The predicted octanol–water partition coefficient (Wildman–Crippen LogP) is 4.73. The van der Waals surface area contributed by atoms with Crippen LogP contribution in [0.5, 0.6) is 5.75 Å². The first-order valence-electron chi connectivity index (χ1n) is 12.9. The summed E-state index contributed by atoms with van der Waals surface area (Å²) >= 11 is 0. The van der Waals surface area contributed by atoms with E-state index < -0.39 is 35.2 Å². The van der Waals surface area contributed by atoms with Crippen molar-refractivity contribution in [3.8, 4) is 5.75 Å². The Morgan fingerprint density at radius 3 is 2.42 bits per heavy atom. The number of halogens is 1. The Labute approximate surface area is 219 Å². The van der Waals surface area contributed by atoms with Crippen LogP contribution in [0.25, 0.3) is 0 Å². The third-order valence-electron chi connectivity index (χ3n) is 8.47. The third-order valence-corrected chi connectivity index (χ3v) is 8.47. The molecule has 0 radical (unpaired) electrons. The van der Waals surface area contributed by atoms with Crippen molar-refractivity contribution in [1.29, 1.82) is 0 Å². The van der Waals surface area contributed by atoms with Gasteiger partial charge in [-0.05, 0) is 73.6 Å². The van der Waals surface area contributed by atoms with Crippen LogP contribution in [0.3, 0.4) is 0 Å². The maximum absolute atomic E-state index is 14.5. The minimum absolute atomic E-state index is 0.163. The molecule has 38 heavy (non-hydrogen) atoms. The zero-order chi connectivity index (χ0) is 26.9. The van der Waals surface area contributed by atoms with E-state index in [1.165, 1.54) is 29.2 Å². The maximum Gasteiger partial charge on any atom is 0.238 e. The van der Waals surface area contributed by atoms with Crippen LogP contribution >= 0.6 is 0 Å². The van der Waals surface area contributed by atoms with E-state index in [-0.39, 0.29) is 35.4 Å². The van der Waals surface area contributed by atoms with Gasteiger partial charge in [-0.15, -0.1) is 0 Å². The molecule has 3 aliphatic carbocycles. The van der Waals surface area contributed by atoms with E-state index >= 15 is 0 Å². The highest BCUT2D eigenvalue weighted by molar-refractivity contribution is 6.25. The number of hydrogen-bond acceptors (Lipinski definition) is 5. The Morgan fingerprint density at radius 1 is 1.00 bits per heavy atom. The summed E-state index contributed by atoms with van der Waals surface area (Å²) in [5, 5.41) is 9.77. The van der Waals surface area contributed by atoms with E-state index in [1.807, 2.05) is 25.1 Å². The van der Waals surface area contributed by atoms with Gasteiger partial charge in [0.2, 0.25) is 11.8 Å². The molecule has 1 N–H and O–H groups in total. The topological polar surface area (TPSA) is 91.8 Å². The number of aromatic hydroxyl groups is 1. The zero-order valence-electron chi connectivity index (χ0n) is 21.0. The van der Waals surface area contributed by atoms with Crippen molar-refractivity contribution in [2.24, 2.45) is 17.8 Å². The second-order valence-electron chi connectivity index (χ2n) is 10.5. The second kappa shape index (κ2) is 8.72. The molecule has 0 spiro atoms. The molecule has 0 unspecified atom stereocenters. The summed E-state index contributed by atoms with van der Waals surface area (Å²) < 4.78 is 14.5. The highest BCUT2D eigenvalue weighted by atomic mass is 19.1. The van der Waals surface area contributed by atoms with Gasteiger partial charge < -0.3 is 5.11 Å². The van der Waals surface area contributed by atoms with Crippen molar-refractivity contribution < 1.29 is 28.7 Å². The SMILES string of the molecule is CCc1ccc(N2C(=O)[C@H]3[C@H](CC=C4[C@H](c5ccc(O)c(F)c5)C5=C(C[C@H]43)C(=O)C(C)=CC5=O)C2=O)cc1. The lowest BCUT2D eigenvalue weighted by Gasteiger charge is -2.42. The minimum Gasteiger partial charge on any atom is -0.505 e. The first-order valence-corrected chi connectivity index (χ1v) is 12.9. The summed E-state index contributed by atoms with van der Waals surface area (Å²) in [4.78, 5) is 55.2. The van der Waals surface area contributed by atoms with Gasteiger partial charge in [0, 0.05) is 22.6 Å². The fourth-order valence-electron chi connectivity index (χ4n) is 6.60. The Kier molecular flexibility index (Phi) is 5.56. The highest BCUT2D eigenvalue weighted by Gasteiger charge is 2.56. The lowest BCUT2D eigenvalue weighted by atomic mass is 9.59. The molecule has 4 aliphatic rings. The number of carbonyl (C=O) groups is 4. The van der Waals surface area contributed by atoms with Crippen LogP contribution < -0.4 is 4.90 Å². The number of hydrogen-bond donors (Lipinski definition) is 1. The molecule has 192 valence electrons. The fourth-order valence-corrected chi connectivity index (χ4v) is 6.60. The van der Waals surface area contributed by atoms with Crippen molar-refractivity contribution >= 4 is 29.1 Å². The Hall–Kier alpha value is -4.13.